The van der Waals surface area contributed by atoms with E-state index in [-0.39, 0.29) is 11.5 Å². The first-order chi connectivity index (χ1) is 13.1. The van der Waals surface area contributed by atoms with Gasteiger partial charge < -0.3 is 14.4 Å². The van der Waals surface area contributed by atoms with Gasteiger partial charge in [0.2, 0.25) is 0 Å². The molecule has 0 spiro atoms. The van der Waals surface area contributed by atoms with Crippen LogP contribution in [0.15, 0.2) is 78.9 Å². The van der Waals surface area contributed by atoms with E-state index in [1.165, 1.54) is 12.1 Å². The number of ether oxygens (including phenoxy) is 1. The molecular weight excluding hydrogens is 345 g/mol. The van der Waals surface area contributed by atoms with Crippen LogP contribution in [0, 0.1) is 5.82 Å². The van der Waals surface area contributed by atoms with Crippen molar-refractivity contribution < 1.29 is 19.0 Å². The molecule has 4 rings (SSSR count). The molecule has 3 aromatic carbocycles. The van der Waals surface area contributed by atoms with Crippen molar-refractivity contribution in [3.63, 3.8) is 0 Å². The molecule has 0 unspecified atom stereocenters. The third kappa shape index (κ3) is 3.27. The van der Waals surface area contributed by atoms with Crippen LogP contribution in [0.2, 0.25) is 0 Å². The Morgan fingerprint density at radius 1 is 0.963 bits per heavy atom. The van der Waals surface area contributed by atoms with E-state index in [1.807, 2.05) is 48.5 Å². The predicted octanol–water partition coefficient (Wildman–Crippen LogP) is 5.05. The lowest BCUT2D eigenvalue weighted by Crippen LogP contribution is -2.06. The van der Waals surface area contributed by atoms with Gasteiger partial charge in [-0.05, 0) is 48.0 Å². The lowest BCUT2D eigenvalue weighted by atomic mass is 10.2. The summed E-state index contributed by atoms with van der Waals surface area (Å²) in [5.41, 5.74) is 2.37. The van der Waals surface area contributed by atoms with Gasteiger partial charge in [-0.3, -0.25) is 0 Å². The van der Waals surface area contributed by atoms with Crippen LogP contribution >= 0.6 is 0 Å². The predicted molar refractivity (Wildman–Crippen MR) is 101 cm³/mol. The SMILES string of the molecule is O=C(O)c1cc2c(OCc3ccccc3)cccc2n1-c1ccc(F)cc1. The topological polar surface area (TPSA) is 51.5 Å². The lowest BCUT2D eigenvalue weighted by Gasteiger charge is -2.10. The van der Waals surface area contributed by atoms with Crippen molar-refractivity contribution in [3.8, 4) is 11.4 Å². The average Bonchev–Trinajstić information content (AvgIpc) is 3.08. The fraction of sp³-hybridized carbons (Fsp3) is 0.0455. The molecule has 27 heavy (non-hydrogen) atoms. The Morgan fingerprint density at radius 2 is 1.70 bits per heavy atom. The number of halogens is 1. The molecule has 1 heterocycles. The Labute approximate surface area is 155 Å². The van der Waals surface area contributed by atoms with Gasteiger partial charge >= 0.3 is 5.97 Å². The van der Waals surface area contributed by atoms with Crippen LogP contribution in [0.5, 0.6) is 5.75 Å². The maximum Gasteiger partial charge on any atom is 0.352 e. The molecule has 0 aliphatic heterocycles. The minimum Gasteiger partial charge on any atom is -0.488 e. The van der Waals surface area contributed by atoms with Gasteiger partial charge in [-0.25, -0.2) is 9.18 Å². The highest BCUT2D eigenvalue weighted by Gasteiger charge is 2.18. The van der Waals surface area contributed by atoms with E-state index in [4.69, 9.17) is 4.74 Å². The van der Waals surface area contributed by atoms with Crippen LogP contribution < -0.4 is 4.74 Å². The standard InChI is InChI=1S/C22H16FNO3/c23-16-9-11-17(12-10-16)24-19-7-4-8-21(18(19)13-20(24)22(25)26)27-14-15-5-2-1-3-6-15/h1-13H,14H2,(H,25,26). The molecule has 0 saturated carbocycles. The number of fused-ring (bicyclic) bond motifs is 1. The van der Waals surface area contributed by atoms with Gasteiger partial charge in [0.05, 0.1) is 5.52 Å². The van der Waals surface area contributed by atoms with Crippen molar-refractivity contribution in [3.05, 3.63) is 95.9 Å². The fourth-order valence-corrected chi connectivity index (χ4v) is 3.09. The van der Waals surface area contributed by atoms with Crippen molar-refractivity contribution in [2.75, 3.05) is 0 Å². The van der Waals surface area contributed by atoms with E-state index in [0.717, 1.165) is 5.56 Å². The van der Waals surface area contributed by atoms with Gasteiger partial charge in [-0.1, -0.05) is 36.4 Å². The number of carboxylic acid groups (broad SMARTS) is 1. The summed E-state index contributed by atoms with van der Waals surface area (Å²) in [6, 6.07) is 22.5. The first kappa shape index (κ1) is 16.8. The van der Waals surface area contributed by atoms with Crippen molar-refractivity contribution in [2.45, 2.75) is 6.61 Å². The van der Waals surface area contributed by atoms with E-state index in [9.17, 15) is 14.3 Å². The summed E-state index contributed by atoms with van der Waals surface area (Å²) in [6.45, 7) is 0.379. The Morgan fingerprint density at radius 3 is 2.41 bits per heavy atom. The molecule has 4 nitrogen and oxygen atoms in total. The summed E-state index contributed by atoms with van der Waals surface area (Å²) in [5, 5.41) is 10.3. The summed E-state index contributed by atoms with van der Waals surface area (Å²) in [4.78, 5) is 11.8. The molecule has 0 saturated heterocycles. The number of carboxylic acids is 1. The summed E-state index contributed by atoms with van der Waals surface area (Å²) >= 11 is 0. The van der Waals surface area contributed by atoms with Gasteiger partial charge in [0.15, 0.2) is 0 Å². The van der Waals surface area contributed by atoms with E-state index in [1.54, 1.807) is 22.8 Å². The number of rotatable bonds is 5. The Bertz CT molecular complexity index is 1100. The second-order valence-corrected chi connectivity index (χ2v) is 6.11. The summed E-state index contributed by atoms with van der Waals surface area (Å²) < 4.78 is 20.8. The van der Waals surface area contributed by atoms with Crippen molar-refractivity contribution in [1.82, 2.24) is 4.57 Å². The first-order valence-electron chi connectivity index (χ1n) is 8.44. The normalized spacial score (nSPS) is 10.9. The Balaban J connectivity index is 1.80. The summed E-state index contributed by atoms with van der Waals surface area (Å²) in [6.07, 6.45) is 0. The van der Waals surface area contributed by atoms with E-state index in [2.05, 4.69) is 0 Å². The first-order valence-corrected chi connectivity index (χ1v) is 8.44. The minimum absolute atomic E-state index is 0.0902. The van der Waals surface area contributed by atoms with Crippen LogP contribution in [-0.2, 0) is 6.61 Å². The molecule has 4 aromatic rings. The number of nitrogens with zero attached hydrogens (tertiary/aromatic N) is 1. The fourth-order valence-electron chi connectivity index (χ4n) is 3.09. The quantitative estimate of drug-likeness (QED) is 0.541. The van der Waals surface area contributed by atoms with Crippen molar-refractivity contribution in [1.29, 1.82) is 0 Å². The number of hydrogen-bond donors (Lipinski definition) is 1. The number of hydrogen-bond acceptors (Lipinski definition) is 2. The van der Waals surface area contributed by atoms with Crippen LogP contribution in [0.4, 0.5) is 4.39 Å². The van der Waals surface area contributed by atoms with Gasteiger partial charge in [-0.2, -0.15) is 0 Å². The zero-order valence-electron chi connectivity index (χ0n) is 14.3. The second kappa shape index (κ2) is 6.96. The molecule has 0 atom stereocenters. The van der Waals surface area contributed by atoms with Crippen LogP contribution in [0.25, 0.3) is 16.6 Å². The molecule has 0 aliphatic carbocycles. The van der Waals surface area contributed by atoms with Crippen molar-refractivity contribution in [2.24, 2.45) is 0 Å². The highest BCUT2D eigenvalue weighted by molar-refractivity contribution is 5.98. The zero-order valence-corrected chi connectivity index (χ0v) is 14.3. The van der Waals surface area contributed by atoms with E-state index >= 15 is 0 Å². The highest BCUT2D eigenvalue weighted by Crippen LogP contribution is 2.32. The number of aromatic carboxylic acids is 1. The summed E-state index contributed by atoms with van der Waals surface area (Å²) in [5.74, 6) is -0.844. The minimum atomic E-state index is -1.07. The van der Waals surface area contributed by atoms with Gasteiger partial charge in [0.25, 0.3) is 0 Å². The Kier molecular flexibility index (Phi) is 4.34. The summed E-state index contributed by atoms with van der Waals surface area (Å²) in [7, 11) is 0. The molecule has 1 aromatic heterocycles. The van der Waals surface area contributed by atoms with Crippen LogP contribution in [0.1, 0.15) is 16.1 Å². The zero-order chi connectivity index (χ0) is 18.8. The molecule has 0 aliphatic rings. The molecule has 0 radical (unpaired) electrons. The lowest BCUT2D eigenvalue weighted by molar-refractivity contribution is 0.0688. The van der Waals surface area contributed by atoms with E-state index < -0.39 is 5.97 Å². The molecule has 0 bridgehead atoms. The largest absolute Gasteiger partial charge is 0.488 e. The maximum absolute atomic E-state index is 13.3. The highest BCUT2D eigenvalue weighted by atomic mass is 19.1. The van der Waals surface area contributed by atoms with Gasteiger partial charge in [-0.15, -0.1) is 0 Å². The molecule has 0 fully saturated rings. The Hall–Kier alpha value is -3.60. The van der Waals surface area contributed by atoms with Crippen molar-refractivity contribution >= 4 is 16.9 Å². The third-order valence-electron chi connectivity index (χ3n) is 4.35. The average molecular weight is 361 g/mol. The monoisotopic (exact) mass is 361 g/mol. The van der Waals surface area contributed by atoms with Gasteiger partial charge in [0, 0.05) is 11.1 Å². The second-order valence-electron chi connectivity index (χ2n) is 6.11. The molecule has 134 valence electrons. The third-order valence-corrected chi connectivity index (χ3v) is 4.35. The van der Waals surface area contributed by atoms with Gasteiger partial charge in [0.1, 0.15) is 23.9 Å². The number of benzene rings is 3. The maximum atomic E-state index is 13.3. The number of aromatic nitrogens is 1. The van der Waals surface area contributed by atoms with Crippen LogP contribution in [-0.4, -0.2) is 15.6 Å². The smallest absolute Gasteiger partial charge is 0.352 e. The van der Waals surface area contributed by atoms with Crippen LogP contribution in [0.3, 0.4) is 0 Å². The molecule has 1 N–H and O–H groups in total. The number of carbonyl (C=O) groups is 1. The molecule has 5 heteroatoms. The molecule has 0 amide bonds. The van der Waals surface area contributed by atoms with E-state index in [0.29, 0.717) is 28.9 Å². The molecular formula is C22H16FNO3.